The third kappa shape index (κ3) is 2.85. The molecule has 0 fully saturated rings. The summed E-state index contributed by atoms with van der Waals surface area (Å²) in [4.78, 5) is 11.9. The maximum Gasteiger partial charge on any atom is 0.431 e. The first kappa shape index (κ1) is 16.5. The van der Waals surface area contributed by atoms with E-state index in [-0.39, 0.29) is 12.0 Å². The fraction of sp³-hybridized carbons (Fsp3) is 0.467. The summed E-state index contributed by atoms with van der Waals surface area (Å²) in [5, 5.41) is 14.6. The monoisotopic (exact) mass is 314 g/mol. The highest BCUT2D eigenvalue weighted by Crippen LogP contribution is 2.39. The van der Waals surface area contributed by atoms with Gasteiger partial charge in [0.1, 0.15) is 5.71 Å². The minimum atomic E-state index is -4.68. The molecule has 1 aromatic carbocycles. The number of amides is 1. The van der Waals surface area contributed by atoms with Crippen molar-refractivity contribution in [3.63, 3.8) is 0 Å². The largest absolute Gasteiger partial charge is 0.431 e. The third-order valence-corrected chi connectivity index (χ3v) is 3.68. The van der Waals surface area contributed by atoms with Gasteiger partial charge < -0.3 is 5.11 Å². The lowest BCUT2D eigenvalue weighted by molar-refractivity contribution is -0.157. The van der Waals surface area contributed by atoms with Crippen molar-refractivity contribution in [3.05, 3.63) is 35.4 Å². The van der Waals surface area contributed by atoms with Gasteiger partial charge in [0.15, 0.2) is 5.72 Å². The van der Waals surface area contributed by atoms with E-state index in [2.05, 4.69) is 5.10 Å². The summed E-state index contributed by atoms with van der Waals surface area (Å²) < 4.78 is 38.7. The predicted molar refractivity (Wildman–Crippen MR) is 75.0 cm³/mol. The number of hydrazone groups is 1. The average molecular weight is 314 g/mol. The molecule has 0 bridgehead atoms. The zero-order chi connectivity index (χ0) is 16.5. The van der Waals surface area contributed by atoms with Crippen LogP contribution in [0, 0.1) is 0 Å². The normalized spacial score (nSPS) is 21.9. The summed E-state index contributed by atoms with van der Waals surface area (Å²) in [5.41, 5.74) is -2.05. The number of nitrogens with zero attached hydrogens (tertiary/aromatic N) is 2. The molecule has 1 amide bonds. The molecule has 120 valence electrons. The lowest BCUT2D eigenvalue weighted by Gasteiger charge is -2.31. The number of rotatable bonds is 3. The molecule has 0 saturated carbocycles. The van der Waals surface area contributed by atoms with Gasteiger partial charge in [-0.25, -0.2) is 0 Å². The Balaban J connectivity index is 2.44. The number of carbonyl (C=O) groups is 1. The highest BCUT2D eigenvalue weighted by Gasteiger charge is 2.52. The van der Waals surface area contributed by atoms with Gasteiger partial charge in [0, 0.05) is 12.0 Å². The molecule has 0 radical (unpaired) electrons. The average Bonchev–Trinajstić information content (AvgIpc) is 2.86. The van der Waals surface area contributed by atoms with Crippen LogP contribution in [-0.2, 0) is 16.9 Å². The zero-order valence-corrected chi connectivity index (χ0v) is 12.3. The molecule has 1 aliphatic heterocycles. The van der Waals surface area contributed by atoms with E-state index in [1.165, 1.54) is 19.1 Å². The van der Waals surface area contributed by atoms with E-state index in [1.807, 2.05) is 6.92 Å². The lowest BCUT2D eigenvalue weighted by atomic mass is 9.95. The Morgan fingerprint density at radius 1 is 1.32 bits per heavy atom. The molecule has 0 aromatic heterocycles. The van der Waals surface area contributed by atoms with Crippen molar-refractivity contribution >= 4 is 11.6 Å². The highest BCUT2D eigenvalue weighted by molar-refractivity contribution is 5.94. The first-order chi connectivity index (χ1) is 10.2. The van der Waals surface area contributed by atoms with E-state index in [9.17, 15) is 23.1 Å². The number of aliphatic hydroxyl groups is 1. The fourth-order valence-corrected chi connectivity index (χ4v) is 2.35. The van der Waals surface area contributed by atoms with Crippen molar-refractivity contribution in [1.29, 1.82) is 0 Å². The zero-order valence-electron chi connectivity index (χ0n) is 12.3. The summed E-state index contributed by atoms with van der Waals surface area (Å²) in [6.07, 6.45) is -4.74. The quantitative estimate of drug-likeness (QED) is 0.932. The van der Waals surface area contributed by atoms with Gasteiger partial charge in [0.25, 0.3) is 0 Å². The minimum Gasteiger partial charge on any atom is -0.365 e. The minimum absolute atomic E-state index is 0.0516. The molecule has 2 rings (SSSR count). The van der Waals surface area contributed by atoms with Crippen LogP contribution in [0.3, 0.4) is 0 Å². The second kappa shape index (κ2) is 5.72. The first-order valence-electron chi connectivity index (χ1n) is 7.02. The molecule has 1 heterocycles. The second-order valence-electron chi connectivity index (χ2n) is 5.15. The van der Waals surface area contributed by atoms with E-state index in [1.54, 1.807) is 12.1 Å². The maximum atomic E-state index is 12.9. The van der Waals surface area contributed by atoms with Crippen LogP contribution in [0.15, 0.2) is 29.4 Å². The Labute approximate surface area is 126 Å². The van der Waals surface area contributed by atoms with Gasteiger partial charge in [0.05, 0.1) is 6.42 Å². The molecule has 1 aliphatic rings. The number of alkyl halides is 3. The predicted octanol–water partition coefficient (Wildman–Crippen LogP) is 2.95. The summed E-state index contributed by atoms with van der Waals surface area (Å²) in [6.45, 7) is 3.45. The number of halogens is 3. The van der Waals surface area contributed by atoms with Gasteiger partial charge in [-0.2, -0.15) is 23.3 Å². The van der Waals surface area contributed by atoms with Gasteiger partial charge in [-0.1, -0.05) is 38.1 Å². The van der Waals surface area contributed by atoms with Gasteiger partial charge in [-0.15, -0.1) is 0 Å². The molecule has 1 N–H and O–H groups in total. The van der Waals surface area contributed by atoms with E-state index >= 15 is 0 Å². The van der Waals surface area contributed by atoms with Crippen LogP contribution in [0.1, 0.15) is 37.8 Å². The van der Waals surface area contributed by atoms with E-state index in [0.717, 1.165) is 12.0 Å². The molecular weight excluding hydrogens is 297 g/mol. The van der Waals surface area contributed by atoms with E-state index < -0.39 is 29.9 Å². The molecule has 0 saturated heterocycles. The molecule has 4 nitrogen and oxygen atoms in total. The highest BCUT2D eigenvalue weighted by atomic mass is 19.4. The molecule has 1 aromatic rings. The number of hydrogen-bond acceptors (Lipinski definition) is 3. The Morgan fingerprint density at radius 2 is 1.91 bits per heavy atom. The van der Waals surface area contributed by atoms with Crippen molar-refractivity contribution in [2.45, 2.75) is 45.0 Å². The summed E-state index contributed by atoms with van der Waals surface area (Å²) >= 11 is 0. The SMILES string of the molecule is CCC(=O)N1N=C(C(F)(F)F)CC1(O)c1ccc(CC)cc1. The van der Waals surface area contributed by atoms with Gasteiger partial charge in [0.2, 0.25) is 5.91 Å². The topological polar surface area (TPSA) is 52.9 Å². The first-order valence-corrected chi connectivity index (χ1v) is 7.02. The Kier molecular flexibility index (Phi) is 4.28. The molecule has 0 aliphatic carbocycles. The van der Waals surface area contributed by atoms with Crippen molar-refractivity contribution in [2.24, 2.45) is 5.10 Å². The molecule has 1 unspecified atom stereocenters. The summed E-state index contributed by atoms with van der Waals surface area (Å²) in [7, 11) is 0. The Hall–Kier alpha value is -1.89. The molecule has 1 atom stereocenters. The number of aryl methyl sites for hydroxylation is 1. The van der Waals surface area contributed by atoms with Crippen LogP contribution < -0.4 is 0 Å². The van der Waals surface area contributed by atoms with Gasteiger partial charge >= 0.3 is 6.18 Å². The van der Waals surface area contributed by atoms with Crippen molar-refractivity contribution in [3.8, 4) is 0 Å². The maximum absolute atomic E-state index is 12.9. The van der Waals surface area contributed by atoms with Gasteiger partial charge in [-0.05, 0) is 12.0 Å². The number of carbonyl (C=O) groups excluding carboxylic acids is 1. The number of hydrogen-bond donors (Lipinski definition) is 1. The molecule has 22 heavy (non-hydrogen) atoms. The second-order valence-corrected chi connectivity index (χ2v) is 5.15. The lowest BCUT2D eigenvalue weighted by Crippen LogP contribution is -2.43. The van der Waals surface area contributed by atoms with Crippen LogP contribution in [0.5, 0.6) is 0 Å². The summed E-state index contributed by atoms with van der Waals surface area (Å²) in [6, 6.07) is 6.49. The smallest absolute Gasteiger partial charge is 0.365 e. The van der Waals surface area contributed by atoms with Crippen LogP contribution in [0.4, 0.5) is 13.2 Å². The number of benzene rings is 1. The van der Waals surface area contributed by atoms with Crippen LogP contribution in [0.2, 0.25) is 0 Å². The molecule has 0 spiro atoms. The van der Waals surface area contributed by atoms with Gasteiger partial charge in [-0.3, -0.25) is 4.79 Å². The summed E-state index contributed by atoms with van der Waals surface area (Å²) in [5.74, 6) is -0.665. The van der Waals surface area contributed by atoms with Crippen molar-refractivity contribution < 1.29 is 23.1 Å². The molecular formula is C15H17F3N2O2. The van der Waals surface area contributed by atoms with Crippen LogP contribution in [-0.4, -0.2) is 27.9 Å². The standard InChI is InChI=1S/C15H17F3N2O2/c1-3-10-5-7-11(8-6-10)14(22)9-12(15(16,17)18)19-20(14)13(21)4-2/h5-8,22H,3-4,9H2,1-2H3. The van der Waals surface area contributed by atoms with E-state index in [0.29, 0.717) is 5.01 Å². The van der Waals surface area contributed by atoms with Crippen LogP contribution in [0.25, 0.3) is 0 Å². The fourth-order valence-electron chi connectivity index (χ4n) is 2.35. The van der Waals surface area contributed by atoms with Crippen LogP contribution >= 0.6 is 0 Å². The molecule has 7 heteroatoms. The van der Waals surface area contributed by atoms with Crippen molar-refractivity contribution in [2.75, 3.05) is 0 Å². The van der Waals surface area contributed by atoms with Crippen molar-refractivity contribution in [1.82, 2.24) is 5.01 Å². The third-order valence-electron chi connectivity index (χ3n) is 3.68. The Morgan fingerprint density at radius 3 is 2.36 bits per heavy atom. The Bertz CT molecular complexity index is 596. The van der Waals surface area contributed by atoms with E-state index in [4.69, 9.17) is 0 Å².